The molecule has 0 fully saturated rings. The van der Waals surface area contributed by atoms with E-state index >= 15 is 0 Å². The molecule has 0 saturated heterocycles. The first kappa shape index (κ1) is 17.2. The van der Waals surface area contributed by atoms with Crippen LogP contribution in [0.15, 0.2) is 60.9 Å². The van der Waals surface area contributed by atoms with Crippen molar-refractivity contribution in [2.45, 2.75) is 5.21 Å². The van der Waals surface area contributed by atoms with E-state index in [1.807, 2.05) is 0 Å². The molecule has 1 N–H and O–H groups in total. The summed E-state index contributed by atoms with van der Waals surface area (Å²) in [6.07, 6.45) is 1.36. The number of carbonyl (C=O) groups excluding carboxylic acids is 1. The van der Waals surface area contributed by atoms with Gasteiger partial charge in [0.2, 0.25) is 0 Å². The van der Waals surface area contributed by atoms with Crippen molar-refractivity contribution in [3.8, 4) is 0 Å². The molecule has 0 aliphatic heterocycles. The maximum atomic E-state index is 12.9. The molecule has 1 aromatic heterocycles. The molecule has 7 heteroatoms. The zero-order chi connectivity index (χ0) is 17.6. The standard InChI is InChI=1S/C18H14AsF2N3O/c20-13-3-1-12(2-4-13)10-19-17-9-16(22-11-23-17)18(25)24-15-7-5-14(21)6-8-15/h1-9,11,19H,10H2,(H,24,25). The van der Waals surface area contributed by atoms with Gasteiger partial charge in [-0.2, -0.15) is 0 Å². The summed E-state index contributed by atoms with van der Waals surface area (Å²) in [5.74, 6) is -0.998. The van der Waals surface area contributed by atoms with Crippen LogP contribution in [0.5, 0.6) is 0 Å². The topological polar surface area (TPSA) is 54.9 Å². The van der Waals surface area contributed by atoms with Crippen LogP contribution in [0.3, 0.4) is 0 Å². The molecule has 0 saturated carbocycles. The predicted molar refractivity (Wildman–Crippen MR) is 93.3 cm³/mol. The molecule has 0 spiro atoms. The minimum atomic E-state index is -0.619. The fraction of sp³-hybridized carbons (Fsp3) is 0.0556. The van der Waals surface area contributed by atoms with Gasteiger partial charge in [-0.25, -0.2) is 0 Å². The van der Waals surface area contributed by atoms with E-state index in [0.29, 0.717) is 5.69 Å². The van der Waals surface area contributed by atoms with Crippen molar-refractivity contribution in [1.82, 2.24) is 9.97 Å². The molecule has 3 rings (SSSR count). The molecule has 3 aromatic rings. The molecule has 1 heterocycles. The second-order valence-electron chi connectivity index (χ2n) is 5.23. The molecule has 1 amide bonds. The average molecular weight is 401 g/mol. The Bertz CT molecular complexity index is 870. The van der Waals surface area contributed by atoms with Crippen LogP contribution in [0.1, 0.15) is 16.1 Å². The number of carbonyl (C=O) groups is 1. The second kappa shape index (κ2) is 7.99. The summed E-state index contributed by atoms with van der Waals surface area (Å²) in [5, 5.41) is 3.47. The van der Waals surface area contributed by atoms with Gasteiger partial charge in [0, 0.05) is 0 Å². The van der Waals surface area contributed by atoms with E-state index in [2.05, 4.69) is 15.3 Å². The van der Waals surface area contributed by atoms with Crippen LogP contribution in [0, 0.1) is 11.6 Å². The van der Waals surface area contributed by atoms with Crippen LogP contribution in [-0.2, 0) is 5.21 Å². The number of nitrogens with one attached hydrogen (secondary N) is 1. The summed E-state index contributed by atoms with van der Waals surface area (Å²) in [4.78, 5) is 20.4. The van der Waals surface area contributed by atoms with Crippen molar-refractivity contribution in [3.63, 3.8) is 0 Å². The van der Waals surface area contributed by atoms with Crippen LogP contribution >= 0.6 is 0 Å². The van der Waals surface area contributed by atoms with Crippen LogP contribution < -0.4 is 9.80 Å². The van der Waals surface area contributed by atoms with Gasteiger partial charge in [-0.1, -0.05) is 0 Å². The van der Waals surface area contributed by atoms with E-state index in [-0.39, 0.29) is 23.2 Å². The van der Waals surface area contributed by atoms with Gasteiger partial charge in [0.25, 0.3) is 0 Å². The Morgan fingerprint density at radius 1 is 0.960 bits per heavy atom. The predicted octanol–water partition coefficient (Wildman–Crippen LogP) is 2.27. The Kier molecular flexibility index (Phi) is 5.51. The maximum absolute atomic E-state index is 12.9. The molecule has 4 nitrogen and oxygen atoms in total. The summed E-state index contributed by atoms with van der Waals surface area (Å²) >= 11 is -0.619. The number of aromatic nitrogens is 2. The summed E-state index contributed by atoms with van der Waals surface area (Å²) in [7, 11) is 0. The van der Waals surface area contributed by atoms with Crippen molar-refractivity contribution in [2.75, 3.05) is 5.32 Å². The van der Waals surface area contributed by atoms with Gasteiger partial charge in [-0.3, -0.25) is 0 Å². The van der Waals surface area contributed by atoms with Gasteiger partial charge >= 0.3 is 150 Å². The third-order valence-electron chi connectivity index (χ3n) is 3.39. The zero-order valence-corrected chi connectivity index (χ0v) is 15.1. The van der Waals surface area contributed by atoms with Crippen LogP contribution in [0.4, 0.5) is 14.5 Å². The number of hydrogen-bond donors (Lipinski definition) is 1. The first-order chi connectivity index (χ1) is 12.1. The quantitative estimate of drug-likeness (QED) is 0.668. The van der Waals surface area contributed by atoms with Crippen molar-refractivity contribution in [2.24, 2.45) is 0 Å². The van der Waals surface area contributed by atoms with Crippen molar-refractivity contribution in [1.29, 1.82) is 0 Å². The molecule has 0 aliphatic carbocycles. The fourth-order valence-corrected chi connectivity index (χ4v) is 4.22. The summed E-state index contributed by atoms with van der Waals surface area (Å²) < 4.78 is 26.7. The van der Waals surface area contributed by atoms with Gasteiger partial charge in [0.05, 0.1) is 0 Å². The Morgan fingerprint density at radius 2 is 1.60 bits per heavy atom. The molecular weight excluding hydrogens is 387 g/mol. The van der Waals surface area contributed by atoms with E-state index in [9.17, 15) is 13.6 Å². The Hall–Kier alpha value is -2.59. The summed E-state index contributed by atoms with van der Waals surface area (Å²) in [6, 6.07) is 13.6. The Labute approximate surface area is 150 Å². The van der Waals surface area contributed by atoms with E-state index in [0.717, 1.165) is 15.3 Å². The van der Waals surface area contributed by atoms with Crippen molar-refractivity contribution in [3.05, 3.63) is 83.8 Å². The molecule has 1 atom stereocenters. The molecule has 0 radical (unpaired) electrons. The molecule has 0 bridgehead atoms. The van der Waals surface area contributed by atoms with E-state index in [1.54, 1.807) is 18.2 Å². The zero-order valence-electron chi connectivity index (χ0n) is 13.0. The number of amides is 1. The fourth-order valence-electron chi connectivity index (χ4n) is 2.10. The van der Waals surface area contributed by atoms with Crippen molar-refractivity contribution >= 4 is 31.8 Å². The number of halogens is 2. The monoisotopic (exact) mass is 401 g/mol. The van der Waals surface area contributed by atoms with E-state index in [4.69, 9.17) is 0 Å². The Balaban J connectivity index is 1.64. The number of rotatable bonds is 5. The van der Waals surface area contributed by atoms with Crippen molar-refractivity contribution < 1.29 is 13.6 Å². The van der Waals surface area contributed by atoms with Gasteiger partial charge in [-0.05, 0) is 0 Å². The average Bonchev–Trinajstić information content (AvgIpc) is 2.63. The minimum absolute atomic E-state index is 0.259. The van der Waals surface area contributed by atoms with Gasteiger partial charge in [-0.15, -0.1) is 0 Å². The normalized spacial score (nSPS) is 11.0. The number of anilines is 1. The Morgan fingerprint density at radius 3 is 2.28 bits per heavy atom. The van der Waals surface area contributed by atoms with Crippen LogP contribution in [-0.4, -0.2) is 31.6 Å². The third kappa shape index (κ3) is 4.94. The molecule has 2 aromatic carbocycles. The number of benzene rings is 2. The first-order valence-corrected chi connectivity index (χ1v) is 10.0. The van der Waals surface area contributed by atoms with Gasteiger partial charge in [0.1, 0.15) is 0 Å². The van der Waals surface area contributed by atoms with E-state index < -0.39 is 15.8 Å². The summed E-state index contributed by atoms with van der Waals surface area (Å²) in [6.45, 7) is 0. The number of nitrogens with zero attached hydrogens (tertiary/aromatic N) is 2. The SMILES string of the molecule is O=C(Nc1ccc(F)cc1)c1cc([AsH]Cc2ccc(F)cc2)ncn1. The van der Waals surface area contributed by atoms with Crippen LogP contribution in [0.2, 0.25) is 0 Å². The molecule has 126 valence electrons. The van der Waals surface area contributed by atoms with E-state index in [1.165, 1.54) is 42.7 Å². The molecule has 25 heavy (non-hydrogen) atoms. The second-order valence-corrected chi connectivity index (χ2v) is 7.79. The third-order valence-corrected chi connectivity index (χ3v) is 5.95. The van der Waals surface area contributed by atoms with Gasteiger partial charge < -0.3 is 0 Å². The van der Waals surface area contributed by atoms with Crippen LogP contribution in [0.25, 0.3) is 0 Å². The van der Waals surface area contributed by atoms with Gasteiger partial charge in [0.15, 0.2) is 0 Å². The molecule has 1 unspecified atom stereocenters. The number of hydrogen-bond acceptors (Lipinski definition) is 3. The molecular formula is C18H14AsF2N3O. The molecule has 0 aliphatic rings. The summed E-state index contributed by atoms with van der Waals surface area (Å²) in [5.41, 5.74) is 1.79. The first-order valence-electron chi connectivity index (χ1n) is 7.47.